The summed E-state index contributed by atoms with van der Waals surface area (Å²) in [6, 6.07) is 23.2. The van der Waals surface area contributed by atoms with E-state index in [9.17, 15) is 9.59 Å². The first kappa shape index (κ1) is 27.6. The number of nitrogens with one attached hydrogen (secondary N) is 1. The lowest BCUT2D eigenvalue weighted by atomic mass is 9.94. The molecule has 0 aliphatic heterocycles. The van der Waals surface area contributed by atoms with E-state index in [-0.39, 0.29) is 17.7 Å². The highest BCUT2D eigenvalue weighted by molar-refractivity contribution is 5.81. The zero-order valence-electron chi connectivity index (χ0n) is 23.5. The van der Waals surface area contributed by atoms with Gasteiger partial charge in [-0.3, -0.25) is 14.3 Å². The molecule has 41 heavy (non-hydrogen) atoms. The van der Waals surface area contributed by atoms with E-state index < -0.39 is 5.76 Å². The number of ether oxygens (including phenoxy) is 2. The van der Waals surface area contributed by atoms with E-state index in [2.05, 4.69) is 10.1 Å². The molecule has 0 amide bonds. The third kappa shape index (κ3) is 5.99. The van der Waals surface area contributed by atoms with Crippen molar-refractivity contribution in [2.45, 2.75) is 46.1 Å². The predicted molar refractivity (Wildman–Crippen MR) is 157 cm³/mol. The van der Waals surface area contributed by atoms with Crippen molar-refractivity contribution >= 4 is 0 Å². The Morgan fingerprint density at radius 1 is 0.976 bits per heavy atom. The third-order valence-electron chi connectivity index (χ3n) is 6.61. The predicted octanol–water partition coefficient (Wildman–Crippen LogP) is 5.58. The largest absolute Gasteiger partial charge is 0.491 e. The number of aryl methyl sites for hydroxylation is 1. The maximum atomic E-state index is 14.1. The van der Waals surface area contributed by atoms with Gasteiger partial charge in [-0.2, -0.15) is 0 Å². The molecule has 0 radical (unpaired) electrons. The Hall–Kier alpha value is -4.92. The first-order valence-electron chi connectivity index (χ1n) is 13.6. The molecule has 0 unspecified atom stereocenters. The first-order valence-corrected chi connectivity index (χ1v) is 13.6. The van der Waals surface area contributed by atoms with Crippen LogP contribution in [0.3, 0.4) is 0 Å². The number of aromatic nitrogens is 4. The minimum absolute atomic E-state index is 0.0351. The Bertz CT molecular complexity index is 1750. The molecule has 0 saturated carbocycles. The zero-order chi connectivity index (χ0) is 28.9. The summed E-state index contributed by atoms with van der Waals surface area (Å²) in [7, 11) is 1.51. The normalized spacial score (nSPS) is 11.1. The lowest BCUT2D eigenvalue weighted by molar-refractivity contribution is 0.242. The zero-order valence-corrected chi connectivity index (χ0v) is 23.5. The third-order valence-corrected chi connectivity index (χ3v) is 6.61. The molecule has 9 nitrogen and oxygen atoms in total. The molecule has 5 rings (SSSR count). The lowest BCUT2D eigenvalue weighted by Crippen LogP contribution is -2.27. The van der Waals surface area contributed by atoms with Crippen molar-refractivity contribution in [1.29, 1.82) is 0 Å². The van der Waals surface area contributed by atoms with Crippen LogP contribution in [0.4, 0.5) is 0 Å². The summed E-state index contributed by atoms with van der Waals surface area (Å²) in [5.74, 6) is 0.392. The second-order valence-electron chi connectivity index (χ2n) is 9.94. The van der Waals surface area contributed by atoms with Gasteiger partial charge in [0.1, 0.15) is 5.75 Å². The van der Waals surface area contributed by atoms with Crippen LogP contribution in [0.1, 0.15) is 44.0 Å². The molecule has 0 aliphatic rings. The van der Waals surface area contributed by atoms with E-state index in [4.69, 9.17) is 19.0 Å². The van der Waals surface area contributed by atoms with Crippen LogP contribution < -0.4 is 20.8 Å². The minimum Gasteiger partial charge on any atom is -0.491 e. The molecule has 2 heterocycles. The average Bonchev–Trinajstić information content (AvgIpc) is 3.41. The molecule has 0 saturated heterocycles. The van der Waals surface area contributed by atoms with Crippen molar-refractivity contribution in [3.05, 3.63) is 111 Å². The maximum absolute atomic E-state index is 14.1. The van der Waals surface area contributed by atoms with Crippen LogP contribution in [-0.4, -0.2) is 32.9 Å². The monoisotopic (exact) mass is 552 g/mol. The molecule has 5 aromatic rings. The molecule has 0 atom stereocenters. The molecule has 9 heteroatoms. The summed E-state index contributed by atoms with van der Waals surface area (Å²) in [6.07, 6.45) is 1.79. The Balaban J connectivity index is 1.62. The highest BCUT2D eigenvalue weighted by atomic mass is 16.5. The Labute approximate surface area is 237 Å². The van der Waals surface area contributed by atoms with Crippen LogP contribution in [0.2, 0.25) is 0 Å². The number of hydrogen-bond donors (Lipinski definition) is 1. The van der Waals surface area contributed by atoms with Gasteiger partial charge in [0.15, 0.2) is 5.82 Å². The van der Waals surface area contributed by atoms with Crippen LogP contribution in [0.15, 0.2) is 86.9 Å². The molecule has 210 valence electrons. The average molecular weight is 553 g/mol. The summed E-state index contributed by atoms with van der Waals surface area (Å²) in [5, 5.41) is 3.94. The number of benzene rings is 3. The maximum Gasteiger partial charge on any atom is 0.439 e. The molecule has 0 spiro atoms. The van der Waals surface area contributed by atoms with Gasteiger partial charge in [-0.05, 0) is 67.3 Å². The van der Waals surface area contributed by atoms with E-state index in [1.54, 1.807) is 0 Å². The number of H-pyrrole nitrogens is 1. The Morgan fingerprint density at radius 3 is 2.37 bits per heavy atom. The van der Waals surface area contributed by atoms with Crippen LogP contribution in [0.25, 0.3) is 28.2 Å². The summed E-state index contributed by atoms with van der Waals surface area (Å²) < 4.78 is 17.6. The van der Waals surface area contributed by atoms with E-state index in [0.29, 0.717) is 46.9 Å². The molecule has 0 aliphatic carbocycles. The second-order valence-corrected chi connectivity index (χ2v) is 9.94. The van der Waals surface area contributed by atoms with Gasteiger partial charge in [0, 0.05) is 17.5 Å². The lowest BCUT2D eigenvalue weighted by Gasteiger charge is -2.17. The second kappa shape index (κ2) is 12.1. The highest BCUT2D eigenvalue weighted by Crippen LogP contribution is 2.32. The van der Waals surface area contributed by atoms with Crippen molar-refractivity contribution in [2.75, 3.05) is 7.11 Å². The van der Waals surface area contributed by atoms with E-state index >= 15 is 0 Å². The van der Waals surface area contributed by atoms with Gasteiger partial charge in [-0.25, -0.2) is 14.3 Å². The van der Waals surface area contributed by atoms with Gasteiger partial charge in [-0.15, -0.1) is 0 Å². The topological polar surface area (TPSA) is 112 Å². The Kier molecular flexibility index (Phi) is 8.14. The van der Waals surface area contributed by atoms with Crippen LogP contribution >= 0.6 is 0 Å². The molecular formula is C32H32N4O5. The first-order chi connectivity index (χ1) is 19.9. The summed E-state index contributed by atoms with van der Waals surface area (Å²) in [6.45, 7) is 5.97. The number of hydrogen-bond acceptors (Lipinski definition) is 7. The highest BCUT2D eigenvalue weighted by Gasteiger charge is 2.20. The smallest absolute Gasteiger partial charge is 0.439 e. The van der Waals surface area contributed by atoms with Crippen LogP contribution in [-0.2, 0) is 12.8 Å². The fourth-order valence-corrected chi connectivity index (χ4v) is 4.83. The summed E-state index contributed by atoms with van der Waals surface area (Å²) >= 11 is 0. The van der Waals surface area contributed by atoms with Crippen molar-refractivity contribution < 1.29 is 14.0 Å². The van der Waals surface area contributed by atoms with E-state index in [1.165, 1.54) is 11.7 Å². The SMILES string of the molecule is CCCc1nc(OC)n(-c2ccc(OC(C)C)cc2)c(=O)c1Cc1ccc(-c2ccccc2)c(-c2noc(=O)[nH]2)c1. The molecule has 3 aromatic carbocycles. The number of nitrogens with zero attached hydrogens (tertiary/aromatic N) is 3. The molecular weight excluding hydrogens is 520 g/mol. The van der Waals surface area contributed by atoms with Crippen molar-refractivity contribution in [2.24, 2.45) is 0 Å². The van der Waals surface area contributed by atoms with Crippen molar-refractivity contribution in [3.8, 4) is 40.0 Å². The summed E-state index contributed by atoms with van der Waals surface area (Å²) in [5.41, 5.74) is 5.07. The van der Waals surface area contributed by atoms with Crippen molar-refractivity contribution in [1.82, 2.24) is 19.7 Å². The Morgan fingerprint density at radius 2 is 1.73 bits per heavy atom. The van der Waals surface area contributed by atoms with Gasteiger partial charge in [0.25, 0.3) is 5.56 Å². The van der Waals surface area contributed by atoms with Gasteiger partial charge >= 0.3 is 11.8 Å². The van der Waals surface area contributed by atoms with E-state index in [1.807, 2.05) is 93.6 Å². The van der Waals surface area contributed by atoms with Crippen LogP contribution in [0, 0.1) is 0 Å². The molecule has 1 N–H and O–H groups in total. The fraction of sp³-hybridized carbons (Fsp3) is 0.250. The van der Waals surface area contributed by atoms with Crippen LogP contribution in [0.5, 0.6) is 11.8 Å². The van der Waals surface area contributed by atoms with Crippen molar-refractivity contribution in [3.63, 3.8) is 0 Å². The van der Waals surface area contributed by atoms with Gasteiger partial charge in [-0.1, -0.05) is 61.0 Å². The fourth-order valence-electron chi connectivity index (χ4n) is 4.83. The molecule has 0 fully saturated rings. The number of methoxy groups -OCH3 is 1. The molecule has 0 bridgehead atoms. The summed E-state index contributed by atoms with van der Waals surface area (Å²) in [4.78, 5) is 33.3. The van der Waals surface area contributed by atoms with Gasteiger partial charge in [0.2, 0.25) is 0 Å². The quantitative estimate of drug-likeness (QED) is 0.241. The number of rotatable bonds is 10. The minimum atomic E-state index is -0.637. The van der Waals surface area contributed by atoms with Gasteiger partial charge in [0.05, 0.1) is 24.6 Å². The molecule has 2 aromatic heterocycles. The number of aromatic amines is 1. The van der Waals surface area contributed by atoms with E-state index in [0.717, 1.165) is 23.1 Å². The standard InChI is InChI=1S/C32H32N4O5/c1-5-9-28-27(30(37)36(31(33-28)39-4)23-13-15-24(16-14-23)40-20(2)3)19-21-12-17-25(22-10-7-6-8-11-22)26(18-21)29-34-32(38)41-35-29/h6-8,10-18,20H,5,9,19H2,1-4H3,(H,34,35,38). The van der Waals surface area contributed by atoms with Gasteiger partial charge < -0.3 is 9.47 Å².